The summed E-state index contributed by atoms with van der Waals surface area (Å²) in [5.74, 6) is -3.42. The highest BCUT2D eigenvalue weighted by molar-refractivity contribution is 6.30. The van der Waals surface area contributed by atoms with Gasteiger partial charge >= 0.3 is 18.1 Å². The van der Waals surface area contributed by atoms with Crippen LogP contribution in [0.4, 0.5) is 18.9 Å². The molecule has 46 heavy (non-hydrogen) atoms. The van der Waals surface area contributed by atoms with E-state index in [1.165, 1.54) is 4.90 Å². The summed E-state index contributed by atoms with van der Waals surface area (Å²) in [5.41, 5.74) is 8.59. The molecule has 4 rings (SSSR count). The lowest BCUT2D eigenvalue weighted by Gasteiger charge is -2.23. The normalized spacial score (nSPS) is 12.8. The third kappa shape index (κ3) is 9.95. The first-order valence-electron chi connectivity index (χ1n) is 13.7. The second kappa shape index (κ2) is 15.8. The van der Waals surface area contributed by atoms with Gasteiger partial charge in [-0.3, -0.25) is 19.8 Å². The molecule has 0 radical (unpaired) electrons. The Bertz CT molecular complexity index is 1580. The Morgan fingerprint density at radius 1 is 1.02 bits per heavy atom. The Balaban J connectivity index is 0.000000738. The molecule has 4 N–H and O–H groups in total. The molecule has 0 aliphatic carbocycles. The van der Waals surface area contributed by atoms with E-state index in [1.807, 2.05) is 24.3 Å². The molecular weight excluding hydrogens is 633 g/mol. The summed E-state index contributed by atoms with van der Waals surface area (Å²) in [6, 6.07) is 19.3. The number of nitrogens with two attached hydrogens (primary N) is 1. The molecule has 0 bridgehead atoms. The van der Waals surface area contributed by atoms with Gasteiger partial charge in [-0.05, 0) is 48.4 Å². The average molecular weight is 663 g/mol. The van der Waals surface area contributed by atoms with Crippen molar-refractivity contribution in [2.24, 2.45) is 5.73 Å². The van der Waals surface area contributed by atoms with Crippen LogP contribution in [0, 0.1) is 5.41 Å². The Kier molecular flexibility index (Phi) is 12.1. The van der Waals surface area contributed by atoms with E-state index < -0.39 is 18.1 Å². The zero-order chi connectivity index (χ0) is 34.0. The summed E-state index contributed by atoms with van der Waals surface area (Å²) in [7, 11) is 0. The zero-order valence-electron chi connectivity index (χ0n) is 24.5. The van der Waals surface area contributed by atoms with Crippen LogP contribution < -0.4 is 15.4 Å². The molecule has 0 spiro atoms. The van der Waals surface area contributed by atoms with E-state index in [-0.39, 0.29) is 56.9 Å². The first-order valence-corrected chi connectivity index (χ1v) is 14.1. The molecule has 1 aliphatic rings. The smallest absolute Gasteiger partial charge is 0.489 e. The number of carbonyl (C=O) groups is 4. The fourth-order valence-corrected chi connectivity index (χ4v) is 4.30. The molecule has 0 saturated carbocycles. The lowest BCUT2D eigenvalue weighted by molar-refractivity contribution is -0.192. The van der Waals surface area contributed by atoms with E-state index in [4.69, 9.17) is 42.1 Å². The number of anilines is 1. The molecule has 3 aromatic carbocycles. The van der Waals surface area contributed by atoms with Gasteiger partial charge in [0.2, 0.25) is 5.91 Å². The van der Waals surface area contributed by atoms with E-state index in [9.17, 15) is 27.6 Å². The van der Waals surface area contributed by atoms with Crippen molar-refractivity contribution < 1.29 is 46.9 Å². The largest absolute Gasteiger partial charge is 0.490 e. The molecule has 3 aromatic rings. The van der Waals surface area contributed by atoms with Crippen LogP contribution in [0.1, 0.15) is 40.4 Å². The number of hydrogen-bond acceptors (Lipinski definition) is 7. The Morgan fingerprint density at radius 3 is 2.20 bits per heavy atom. The van der Waals surface area contributed by atoms with E-state index in [0.29, 0.717) is 27.6 Å². The predicted molar refractivity (Wildman–Crippen MR) is 162 cm³/mol. The maximum Gasteiger partial charge on any atom is 0.490 e. The van der Waals surface area contributed by atoms with E-state index in [1.54, 1.807) is 54.3 Å². The topological polar surface area (TPSA) is 163 Å². The van der Waals surface area contributed by atoms with Gasteiger partial charge in [-0.1, -0.05) is 48.0 Å². The highest BCUT2D eigenvalue weighted by Crippen LogP contribution is 2.31. The van der Waals surface area contributed by atoms with Gasteiger partial charge in [0.25, 0.3) is 5.91 Å². The highest BCUT2D eigenvalue weighted by atomic mass is 35.5. The van der Waals surface area contributed by atoms with Crippen molar-refractivity contribution in [1.29, 1.82) is 5.41 Å². The lowest BCUT2D eigenvalue weighted by Crippen LogP contribution is -2.40. The van der Waals surface area contributed by atoms with Crippen LogP contribution in [0.2, 0.25) is 5.02 Å². The molecule has 0 fully saturated rings. The Hall–Kier alpha value is -5.11. The van der Waals surface area contributed by atoms with Crippen molar-refractivity contribution in [3.05, 3.63) is 94.0 Å². The number of amidine groups is 1. The van der Waals surface area contributed by atoms with Crippen LogP contribution in [-0.4, -0.2) is 65.5 Å². The number of amides is 2. The minimum absolute atomic E-state index is 0.0167. The Morgan fingerprint density at radius 2 is 1.63 bits per heavy atom. The number of ether oxygens (including phenoxy) is 2. The molecule has 2 amide bonds. The summed E-state index contributed by atoms with van der Waals surface area (Å²) in [6.45, 7) is 2.28. The van der Waals surface area contributed by atoms with E-state index in [0.717, 1.165) is 11.1 Å². The van der Waals surface area contributed by atoms with Gasteiger partial charge in [0.15, 0.2) is 0 Å². The molecule has 1 heterocycles. The third-order valence-corrected chi connectivity index (χ3v) is 6.71. The quantitative estimate of drug-likeness (QED) is 0.159. The van der Waals surface area contributed by atoms with Crippen LogP contribution in [0.5, 0.6) is 5.75 Å². The number of benzene rings is 3. The molecule has 0 atom stereocenters. The van der Waals surface area contributed by atoms with E-state index in [2.05, 4.69) is 0 Å². The van der Waals surface area contributed by atoms with Crippen LogP contribution >= 0.6 is 11.6 Å². The average Bonchev–Trinajstić information content (AvgIpc) is 3.10. The number of alkyl halides is 3. The van der Waals surface area contributed by atoms with Crippen molar-refractivity contribution in [1.82, 2.24) is 4.90 Å². The summed E-state index contributed by atoms with van der Waals surface area (Å²) in [5, 5.41) is 15.2. The molecule has 1 aliphatic heterocycles. The summed E-state index contributed by atoms with van der Waals surface area (Å²) in [4.78, 5) is 50.8. The maximum atomic E-state index is 13.6. The molecule has 0 saturated heterocycles. The Labute approximate surface area is 266 Å². The first kappa shape index (κ1) is 35.4. The summed E-state index contributed by atoms with van der Waals surface area (Å²) in [6.07, 6.45) is -5.11. The molecule has 15 heteroatoms. The molecule has 0 aromatic heterocycles. The maximum absolute atomic E-state index is 13.6. The third-order valence-electron chi connectivity index (χ3n) is 6.46. The minimum atomic E-state index is -5.08. The number of nitrogens with one attached hydrogen (secondary N) is 1. The van der Waals surface area contributed by atoms with Crippen molar-refractivity contribution in [2.75, 3.05) is 24.6 Å². The predicted octanol–water partition coefficient (Wildman–Crippen LogP) is 4.78. The molecule has 244 valence electrons. The first-order chi connectivity index (χ1) is 21.7. The van der Waals surface area contributed by atoms with Gasteiger partial charge in [-0.2, -0.15) is 13.2 Å². The van der Waals surface area contributed by atoms with Crippen LogP contribution in [0.3, 0.4) is 0 Å². The van der Waals surface area contributed by atoms with Crippen molar-refractivity contribution in [3.63, 3.8) is 0 Å². The number of nitrogen functional groups attached to an aromatic ring is 1. The number of carboxylic acid groups (broad SMARTS) is 1. The van der Waals surface area contributed by atoms with Crippen LogP contribution in [0.25, 0.3) is 0 Å². The number of fused-ring (bicyclic) bond motifs is 1. The number of aliphatic carboxylic acids is 1. The number of nitrogens with zero attached hydrogens (tertiary/aromatic N) is 2. The van der Waals surface area contributed by atoms with E-state index >= 15 is 0 Å². The summed E-state index contributed by atoms with van der Waals surface area (Å²) >= 11 is 6.03. The van der Waals surface area contributed by atoms with Gasteiger partial charge in [0.05, 0.1) is 30.8 Å². The van der Waals surface area contributed by atoms with Gasteiger partial charge in [-0.15, -0.1) is 0 Å². The molecule has 0 unspecified atom stereocenters. The van der Waals surface area contributed by atoms with Gasteiger partial charge in [0.1, 0.15) is 24.7 Å². The summed E-state index contributed by atoms with van der Waals surface area (Å²) < 4.78 is 42.7. The minimum Gasteiger partial charge on any atom is -0.489 e. The van der Waals surface area contributed by atoms with Crippen LogP contribution in [-0.2, 0) is 32.3 Å². The lowest BCUT2D eigenvalue weighted by atomic mass is 10.1. The van der Waals surface area contributed by atoms with Crippen molar-refractivity contribution >= 4 is 46.9 Å². The van der Waals surface area contributed by atoms with Crippen molar-refractivity contribution in [3.8, 4) is 5.75 Å². The van der Waals surface area contributed by atoms with Gasteiger partial charge in [0, 0.05) is 17.1 Å². The second-order valence-corrected chi connectivity index (χ2v) is 10.2. The number of rotatable bonds is 10. The number of carboxylic acids is 1. The SMILES string of the molecule is CCOC(=O)CCN1CC(=O)N(Cc2ccc(Cl)cc2)c2ccc(OCc3ccc(C(=N)N)cc3)cc2C1=O.O=C(O)C(F)(F)F. The fourth-order valence-electron chi connectivity index (χ4n) is 4.17. The second-order valence-electron chi connectivity index (χ2n) is 9.77. The zero-order valence-corrected chi connectivity index (χ0v) is 25.2. The molecule has 11 nitrogen and oxygen atoms in total. The molecular formula is C31H30ClF3N4O7. The monoisotopic (exact) mass is 662 g/mol. The van der Waals surface area contributed by atoms with Crippen molar-refractivity contribution in [2.45, 2.75) is 32.7 Å². The highest BCUT2D eigenvalue weighted by Gasteiger charge is 2.38. The number of hydrogen-bond donors (Lipinski definition) is 3. The van der Waals surface area contributed by atoms with Gasteiger partial charge < -0.3 is 30.1 Å². The number of esters is 1. The number of carbonyl (C=O) groups excluding carboxylic acids is 3. The number of halogens is 4. The fraction of sp³-hybridized carbons (Fsp3) is 0.258. The van der Waals surface area contributed by atoms with Gasteiger partial charge in [-0.25, -0.2) is 4.79 Å². The van der Waals surface area contributed by atoms with Crippen LogP contribution in [0.15, 0.2) is 66.7 Å². The standard InChI is InChI=1S/C29H29ClN4O5.C2HF3O2/c1-2-38-27(36)13-14-33-17-26(35)34(16-19-5-9-22(30)10-6-19)25-12-11-23(15-24(25)29(33)37)39-18-20-3-7-21(8-4-20)28(31)32;3-2(4,5)1(6)7/h3-12,15H,2,13-14,16-18H2,1H3,(H3,31,32);(H,6,7).